The molecule has 3 aromatic carbocycles. The number of hydrogen-bond acceptors (Lipinski definition) is 0. The Labute approximate surface area is 130 Å². The molecule has 0 aliphatic rings. The average Bonchev–Trinajstić information content (AvgIpc) is 2.58. The van der Waals surface area contributed by atoms with Crippen molar-refractivity contribution >= 4 is 29.2 Å². The van der Waals surface area contributed by atoms with Crippen LogP contribution in [0.3, 0.4) is 0 Å². The van der Waals surface area contributed by atoms with E-state index in [0.29, 0.717) is 0 Å². The monoisotopic (exact) mass is 331 g/mol. The molecule has 0 fully saturated rings. The van der Waals surface area contributed by atoms with Gasteiger partial charge in [-0.3, -0.25) is 0 Å². The average molecular weight is 330 g/mol. The molecule has 21 heavy (non-hydrogen) atoms. The molecule has 0 aliphatic heterocycles. The SMILES string of the molecule is C(=[CH]\[Ge]([c]1ccccc1)[c]1ccccc1)/c1ccccc1. The molecule has 0 heterocycles. The zero-order chi connectivity index (χ0) is 14.3. The summed E-state index contributed by atoms with van der Waals surface area (Å²) in [6, 6.07) is 32.3. The van der Waals surface area contributed by atoms with E-state index in [0.717, 1.165) is 0 Å². The van der Waals surface area contributed by atoms with E-state index in [2.05, 4.69) is 102 Å². The van der Waals surface area contributed by atoms with Gasteiger partial charge >= 0.3 is 131 Å². The maximum atomic E-state index is 2.44. The molecule has 0 amide bonds. The van der Waals surface area contributed by atoms with E-state index in [1.807, 2.05) is 0 Å². The summed E-state index contributed by atoms with van der Waals surface area (Å²) in [6.07, 6.45) is 2.27. The summed E-state index contributed by atoms with van der Waals surface area (Å²) in [4.78, 5) is 2.44. The van der Waals surface area contributed by atoms with Crippen LogP contribution in [0.1, 0.15) is 5.56 Å². The molecule has 1 radical (unpaired) electrons. The normalized spacial score (nSPS) is 11.1. The summed E-state index contributed by atoms with van der Waals surface area (Å²) in [5.41, 5.74) is 1.27. The van der Waals surface area contributed by atoms with E-state index in [-0.39, 0.29) is 0 Å². The van der Waals surface area contributed by atoms with Crippen LogP contribution in [0.15, 0.2) is 95.9 Å². The maximum absolute atomic E-state index is 2.44. The van der Waals surface area contributed by atoms with Crippen molar-refractivity contribution in [1.29, 1.82) is 0 Å². The predicted octanol–water partition coefficient (Wildman–Crippen LogP) is 3.55. The van der Waals surface area contributed by atoms with Gasteiger partial charge in [0.25, 0.3) is 0 Å². The van der Waals surface area contributed by atoms with Gasteiger partial charge in [0.15, 0.2) is 0 Å². The molecule has 0 aromatic heterocycles. The van der Waals surface area contributed by atoms with Gasteiger partial charge in [-0.05, 0) is 0 Å². The van der Waals surface area contributed by atoms with Crippen molar-refractivity contribution in [3.05, 3.63) is 101 Å². The second-order valence-corrected chi connectivity index (χ2v) is 9.75. The second-order valence-electron chi connectivity index (χ2n) is 4.89. The van der Waals surface area contributed by atoms with E-state index < -0.39 is 14.3 Å². The van der Waals surface area contributed by atoms with Crippen LogP contribution < -0.4 is 8.79 Å². The Hall–Kier alpha value is -2.06. The molecule has 101 valence electrons. The Morgan fingerprint density at radius 3 is 1.43 bits per heavy atom. The van der Waals surface area contributed by atoms with Crippen molar-refractivity contribution in [2.24, 2.45) is 0 Å². The summed E-state index contributed by atoms with van der Waals surface area (Å²) in [5, 5.41) is 0. The fraction of sp³-hybridized carbons (Fsp3) is 0. The van der Waals surface area contributed by atoms with Crippen molar-refractivity contribution in [1.82, 2.24) is 0 Å². The van der Waals surface area contributed by atoms with Gasteiger partial charge in [0, 0.05) is 0 Å². The third-order valence-electron chi connectivity index (χ3n) is 3.41. The summed E-state index contributed by atoms with van der Waals surface area (Å²) in [7, 11) is 0. The standard InChI is InChI=1S/C20H17Ge/c1-4-10-18(11-5-1)16-17-21(19-12-6-2-7-13-19)20-14-8-3-9-15-20/h1-17H/b17-16+. The van der Waals surface area contributed by atoms with Crippen LogP contribution in [0.2, 0.25) is 0 Å². The van der Waals surface area contributed by atoms with Gasteiger partial charge in [0.05, 0.1) is 0 Å². The van der Waals surface area contributed by atoms with Crippen LogP contribution in [0.5, 0.6) is 0 Å². The molecule has 0 nitrogen and oxygen atoms in total. The molecule has 0 saturated carbocycles. The molecule has 0 atom stereocenters. The summed E-state index contributed by atoms with van der Waals surface area (Å²) >= 11 is -1.62. The van der Waals surface area contributed by atoms with Crippen molar-refractivity contribution in [3.63, 3.8) is 0 Å². The van der Waals surface area contributed by atoms with Crippen molar-refractivity contribution in [3.8, 4) is 0 Å². The molecule has 0 saturated heterocycles. The summed E-state index contributed by atoms with van der Waals surface area (Å²) < 4.78 is 2.96. The molecule has 0 unspecified atom stereocenters. The van der Waals surface area contributed by atoms with Gasteiger partial charge in [-0.1, -0.05) is 0 Å². The molecule has 0 spiro atoms. The molecular formula is C20H17Ge. The van der Waals surface area contributed by atoms with Crippen molar-refractivity contribution in [2.75, 3.05) is 0 Å². The number of rotatable bonds is 4. The van der Waals surface area contributed by atoms with Gasteiger partial charge in [-0.2, -0.15) is 0 Å². The van der Waals surface area contributed by atoms with Gasteiger partial charge in [-0.25, -0.2) is 0 Å². The summed E-state index contributed by atoms with van der Waals surface area (Å²) in [5.74, 6) is 0. The van der Waals surface area contributed by atoms with Crippen LogP contribution in [0, 0.1) is 0 Å². The van der Waals surface area contributed by atoms with Crippen LogP contribution >= 0.6 is 0 Å². The van der Waals surface area contributed by atoms with Gasteiger partial charge in [0.1, 0.15) is 0 Å². The zero-order valence-corrected chi connectivity index (χ0v) is 13.9. The van der Waals surface area contributed by atoms with Crippen LogP contribution in [0.25, 0.3) is 6.08 Å². The minimum atomic E-state index is -1.62. The second kappa shape index (κ2) is 7.10. The summed E-state index contributed by atoms with van der Waals surface area (Å²) in [6.45, 7) is 0. The van der Waals surface area contributed by atoms with E-state index in [1.165, 1.54) is 14.4 Å². The molecule has 0 N–H and O–H groups in total. The first kappa shape index (κ1) is 13.9. The Morgan fingerprint density at radius 2 is 0.952 bits per heavy atom. The molecule has 3 aromatic rings. The van der Waals surface area contributed by atoms with E-state index in [9.17, 15) is 0 Å². The molecule has 3 rings (SSSR count). The topological polar surface area (TPSA) is 0 Å². The fourth-order valence-corrected chi connectivity index (χ4v) is 6.91. The van der Waals surface area contributed by atoms with Crippen molar-refractivity contribution < 1.29 is 0 Å². The molecule has 0 aliphatic carbocycles. The molecule has 1 heteroatoms. The number of hydrogen-bond donors (Lipinski definition) is 0. The van der Waals surface area contributed by atoms with Gasteiger partial charge in [0.2, 0.25) is 0 Å². The predicted molar refractivity (Wildman–Crippen MR) is 93.4 cm³/mol. The molecular weight excluding hydrogens is 313 g/mol. The van der Waals surface area contributed by atoms with Crippen LogP contribution in [-0.4, -0.2) is 14.3 Å². The Bertz CT molecular complexity index is 648. The Morgan fingerprint density at radius 1 is 0.524 bits per heavy atom. The first-order valence-corrected chi connectivity index (χ1v) is 10.5. The quantitative estimate of drug-likeness (QED) is 0.642. The first-order chi connectivity index (χ1) is 10.4. The van der Waals surface area contributed by atoms with Crippen LogP contribution in [-0.2, 0) is 0 Å². The van der Waals surface area contributed by atoms with Crippen molar-refractivity contribution in [2.45, 2.75) is 0 Å². The third kappa shape index (κ3) is 3.74. The molecule has 0 bridgehead atoms. The van der Waals surface area contributed by atoms with Crippen LogP contribution in [0.4, 0.5) is 0 Å². The number of benzene rings is 3. The van der Waals surface area contributed by atoms with E-state index in [1.54, 1.807) is 0 Å². The third-order valence-corrected chi connectivity index (χ3v) is 8.47. The first-order valence-electron chi connectivity index (χ1n) is 7.14. The van der Waals surface area contributed by atoms with Gasteiger partial charge in [-0.15, -0.1) is 0 Å². The Balaban J connectivity index is 1.96. The zero-order valence-electron chi connectivity index (χ0n) is 11.8. The van der Waals surface area contributed by atoms with Gasteiger partial charge < -0.3 is 0 Å². The van der Waals surface area contributed by atoms with E-state index in [4.69, 9.17) is 0 Å². The fourth-order valence-electron chi connectivity index (χ4n) is 2.34. The minimum absolute atomic E-state index is 1.27. The van der Waals surface area contributed by atoms with E-state index >= 15 is 0 Å². The Kier molecular flexibility index (Phi) is 4.70.